The number of nitro groups is 1. The van der Waals surface area contributed by atoms with E-state index >= 15 is 0 Å². The molecule has 1 aliphatic heterocycles. The third-order valence-corrected chi connectivity index (χ3v) is 5.07. The maximum absolute atomic E-state index is 13.1. The van der Waals surface area contributed by atoms with Crippen LogP contribution < -0.4 is 16.0 Å². The molecule has 0 saturated carbocycles. The van der Waals surface area contributed by atoms with Crippen molar-refractivity contribution >= 4 is 46.2 Å². The number of thiocarbonyl (C=S) groups is 1. The largest absolute Gasteiger partial charge is 0.351 e. The maximum atomic E-state index is 13.1. The Kier molecular flexibility index (Phi) is 5.62. The fourth-order valence-electron chi connectivity index (χ4n) is 3.00. The number of anilines is 1. The molecule has 2 aromatic carbocycles. The van der Waals surface area contributed by atoms with Crippen molar-refractivity contribution in [2.24, 2.45) is 0 Å². The van der Waals surface area contributed by atoms with Gasteiger partial charge in [0.15, 0.2) is 5.11 Å². The Balaban J connectivity index is 2.00. The molecule has 3 rings (SSSR count). The molecule has 0 unspecified atom stereocenters. The Morgan fingerprint density at radius 2 is 1.96 bits per heavy atom. The van der Waals surface area contributed by atoms with Gasteiger partial charge in [-0.3, -0.25) is 14.9 Å². The first-order chi connectivity index (χ1) is 13.3. The number of nitrogens with zero attached hydrogens (tertiary/aromatic N) is 1. The van der Waals surface area contributed by atoms with Crippen LogP contribution in [-0.2, 0) is 4.79 Å². The van der Waals surface area contributed by atoms with Gasteiger partial charge in [0.1, 0.15) is 0 Å². The van der Waals surface area contributed by atoms with Crippen molar-refractivity contribution < 1.29 is 9.72 Å². The number of non-ortho nitro benzene ring substituents is 1. The summed E-state index contributed by atoms with van der Waals surface area (Å²) in [6.07, 6.45) is 0. The van der Waals surface area contributed by atoms with Gasteiger partial charge in [-0.25, -0.2) is 0 Å². The normalized spacial score (nSPS) is 16.2. The lowest BCUT2D eigenvalue weighted by Crippen LogP contribution is -2.45. The Bertz CT molecular complexity index is 1020. The lowest BCUT2D eigenvalue weighted by Gasteiger charge is -2.30. The fraction of sp³-hybridized carbons (Fsp3) is 0.158. The number of benzene rings is 2. The van der Waals surface area contributed by atoms with Crippen LogP contribution in [0.1, 0.15) is 24.1 Å². The van der Waals surface area contributed by atoms with Crippen molar-refractivity contribution in [2.75, 3.05) is 5.32 Å². The molecule has 1 atom stereocenters. The van der Waals surface area contributed by atoms with E-state index in [9.17, 15) is 14.9 Å². The van der Waals surface area contributed by atoms with Crippen LogP contribution in [0.15, 0.2) is 53.7 Å². The summed E-state index contributed by atoms with van der Waals surface area (Å²) in [4.78, 5) is 23.7. The average Bonchev–Trinajstić information content (AvgIpc) is 2.64. The molecule has 0 saturated heterocycles. The van der Waals surface area contributed by atoms with Gasteiger partial charge in [-0.05, 0) is 49.3 Å². The minimum absolute atomic E-state index is 0.0631. The lowest BCUT2D eigenvalue weighted by atomic mass is 9.94. The van der Waals surface area contributed by atoms with E-state index in [1.165, 1.54) is 12.1 Å². The molecule has 1 heterocycles. The van der Waals surface area contributed by atoms with Crippen molar-refractivity contribution in [1.29, 1.82) is 0 Å². The topological polar surface area (TPSA) is 96.3 Å². The number of carbonyl (C=O) groups excluding carboxylic acids is 1. The second-order valence-electron chi connectivity index (χ2n) is 6.29. The number of nitrogens with one attached hydrogen (secondary N) is 3. The summed E-state index contributed by atoms with van der Waals surface area (Å²) in [5.41, 5.74) is 2.78. The average molecular weight is 417 g/mol. The highest BCUT2D eigenvalue weighted by Gasteiger charge is 2.31. The van der Waals surface area contributed by atoms with Gasteiger partial charge in [0.25, 0.3) is 11.6 Å². The number of allylic oxidation sites excluding steroid dienone is 1. The first kappa shape index (κ1) is 19.8. The zero-order valence-corrected chi connectivity index (χ0v) is 16.6. The molecule has 1 amide bonds. The van der Waals surface area contributed by atoms with Gasteiger partial charge in [0.2, 0.25) is 0 Å². The van der Waals surface area contributed by atoms with E-state index < -0.39 is 11.0 Å². The zero-order valence-electron chi connectivity index (χ0n) is 15.1. The monoisotopic (exact) mass is 416 g/mol. The molecule has 0 spiro atoms. The molecular weight excluding hydrogens is 400 g/mol. The van der Waals surface area contributed by atoms with Crippen molar-refractivity contribution in [1.82, 2.24) is 10.6 Å². The standard InChI is InChI=1S/C19H17ClN4O3S/c1-10-14(20)7-4-8-15(10)22-18(25)16-11(2)21-19(28)23-17(16)12-5-3-6-13(9-12)24(26)27/h3-9,17H,1-2H3,(H,22,25)(H2,21,23,28)/t17-/m0/s1. The van der Waals surface area contributed by atoms with Crippen LogP contribution in [0, 0.1) is 17.0 Å². The van der Waals surface area contributed by atoms with Gasteiger partial charge in [0.05, 0.1) is 16.5 Å². The SMILES string of the molecule is CC1=C(C(=O)Nc2cccc(Cl)c2C)[C@H](c2cccc([N+](=O)[O-])c2)NC(=S)N1. The summed E-state index contributed by atoms with van der Waals surface area (Å²) in [5.74, 6) is -0.359. The summed E-state index contributed by atoms with van der Waals surface area (Å²) in [7, 11) is 0. The summed E-state index contributed by atoms with van der Waals surface area (Å²) in [6.45, 7) is 3.54. The van der Waals surface area contributed by atoms with E-state index in [0.29, 0.717) is 32.7 Å². The number of amides is 1. The number of carbonyl (C=O) groups is 1. The summed E-state index contributed by atoms with van der Waals surface area (Å²) in [6, 6.07) is 10.7. The predicted molar refractivity (Wildman–Crippen MR) is 112 cm³/mol. The highest BCUT2D eigenvalue weighted by molar-refractivity contribution is 7.80. The van der Waals surface area contributed by atoms with Crippen LogP contribution in [0.5, 0.6) is 0 Å². The molecule has 3 N–H and O–H groups in total. The van der Waals surface area contributed by atoms with Crippen LogP contribution in [0.3, 0.4) is 0 Å². The van der Waals surface area contributed by atoms with Crippen LogP contribution in [-0.4, -0.2) is 15.9 Å². The number of rotatable bonds is 4. The first-order valence-electron chi connectivity index (χ1n) is 8.37. The third kappa shape index (κ3) is 3.97. The number of halogens is 1. The van der Waals surface area contributed by atoms with E-state index in [-0.39, 0.29) is 11.6 Å². The van der Waals surface area contributed by atoms with Gasteiger partial charge in [0, 0.05) is 28.5 Å². The summed E-state index contributed by atoms with van der Waals surface area (Å²) in [5, 5.41) is 20.8. The molecule has 28 heavy (non-hydrogen) atoms. The van der Waals surface area contributed by atoms with E-state index in [1.54, 1.807) is 37.3 Å². The van der Waals surface area contributed by atoms with Crippen molar-refractivity contribution in [2.45, 2.75) is 19.9 Å². The van der Waals surface area contributed by atoms with Gasteiger partial charge in [-0.2, -0.15) is 0 Å². The smallest absolute Gasteiger partial charge is 0.269 e. The second kappa shape index (κ2) is 7.95. The maximum Gasteiger partial charge on any atom is 0.269 e. The van der Waals surface area contributed by atoms with Gasteiger partial charge >= 0.3 is 0 Å². The molecule has 1 aliphatic rings. The van der Waals surface area contributed by atoms with Gasteiger partial charge in [-0.1, -0.05) is 29.8 Å². The third-order valence-electron chi connectivity index (χ3n) is 4.44. The molecule has 0 bridgehead atoms. The first-order valence-corrected chi connectivity index (χ1v) is 9.15. The van der Waals surface area contributed by atoms with E-state index in [4.69, 9.17) is 23.8 Å². The number of hydrogen-bond acceptors (Lipinski definition) is 4. The molecule has 0 fully saturated rings. The lowest BCUT2D eigenvalue weighted by molar-refractivity contribution is -0.384. The summed E-state index contributed by atoms with van der Waals surface area (Å²) >= 11 is 11.3. The highest BCUT2D eigenvalue weighted by atomic mass is 35.5. The summed E-state index contributed by atoms with van der Waals surface area (Å²) < 4.78 is 0. The molecule has 2 aromatic rings. The Morgan fingerprint density at radius 1 is 1.25 bits per heavy atom. The predicted octanol–water partition coefficient (Wildman–Crippen LogP) is 3.99. The molecule has 144 valence electrons. The number of nitro benzene ring substituents is 1. The van der Waals surface area contributed by atoms with Crippen LogP contribution in [0.2, 0.25) is 5.02 Å². The quantitative estimate of drug-likeness (QED) is 0.396. The van der Waals surface area contributed by atoms with Gasteiger partial charge in [-0.15, -0.1) is 0 Å². The van der Waals surface area contributed by atoms with Crippen LogP contribution in [0.4, 0.5) is 11.4 Å². The second-order valence-corrected chi connectivity index (χ2v) is 7.10. The Labute approximate surface area is 171 Å². The van der Waals surface area contributed by atoms with Crippen LogP contribution >= 0.6 is 23.8 Å². The molecule has 0 aliphatic carbocycles. The van der Waals surface area contributed by atoms with Gasteiger partial charge < -0.3 is 16.0 Å². The fourth-order valence-corrected chi connectivity index (χ4v) is 3.44. The zero-order chi connectivity index (χ0) is 20.4. The number of hydrogen-bond donors (Lipinski definition) is 3. The van der Waals surface area contributed by atoms with Crippen molar-refractivity contribution in [3.63, 3.8) is 0 Å². The van der Waals surface area contributed by atoms with E-state index in [1.807, 2.05) is 6.92 Å². The molecule has 7 nitrogen and oxygen atoms in total. The highest BCUT2D eigenvalue weighted by Crippen LogP contribution is 2.31. The Morgan fingerprint density at radius 3 is 2.68 bits per heavy atom. The minimum atomic E-state index is -0.631. The van der Waals surface area contributed by atoms with Crippen LogP contribution in [0.25, 0.3) is 0 Å². The molecule has 0 aromatic heterocycles. The minimum Gasteiger partial charge on any atom is -0.351 e. The molecule has 9 heteroatoms. The van der Waals surface area contributed by atoms with Crippen molar-refractivity contribution in [3.05, 3.63) is 80.0 Å². The van der Waals surface area contributed by atoms with Crippen molar-refractivity contribution in [3.8, 4) is 0 Å². The molecular formula is C19H17ClN4O3S. The van der Waals surface area contributed by atoms with E-state index in [2.05, 4.69) is 16.0 Å². The Hall–Kier alpha value is -2.97. The molecule has 0 radical (unpaired) electrons. The van der Waals surface area contributed by atoms with E-state index in [0.717, 1.165) is 5.56 Å².